The Morgan fingerprint density at radius 3 is 2.00 bits per heavy atom. The summed E-state index contributed by atoms with van der Waals surface area (Å²) in [6.45, 7) is 0.550. The second kappa shape index (κ2) is 2.44. The first-order chi connectivity index (χ1) is 3.48. The van der Waals surface area contributed by atoms with Crippen LogP contribution >= 0.6 is 0 Å². The number of sulfone groups is 1. The fraction of sp³-hybridized carbons (Fsp3) is 1.00. The lowest BCUT2D eigenvalue weighted by atomic mass is 10.5. The van der Waals surface area contributed by atoms with Gasteiger partial charge in [-0.25, -0.2) is 12.8 Å². The van der Waals surface area contributed by atoms with Crippen molar-refractivity contribution >= 4 is 9.84 Å². The zero-order chi connectivity index (χ0) is 6.78. The molecule has 50 valence electrons. The van der Waals surface area contributed by atoms with Crippen LogP contribution in [0.1, 0.15) is 6.92 Å². The van der Waals surface area contributed by atoms with E-state index in [4.69, 9.17) is 0 Å². The van der Waals surface area contributed by atoms with Gasteiger partial charge in [0.2, 0.25) is 0 Å². The molecular formula is C4H9FO2S. The predicted octanol–water partition coefficient (Wildman–Crippen LogP) is 0.389. The molecule has 0 aromatic heterocycles. The highest BCUT2D eigenvalue weighted by Gasteiger charge is 2.12. The van der Waals surface area contributed by atoms with E-state index >= 15 is 0 Å². The van der Waals surface area contributed by atoms with Gasteiger partial charge in [0.15, 0.2) is 9.84 Å². The van der Waals surface area contributed by atoms with Crippen LogP contribution in [0.4, 0.5) is 4.39 Å². The molecule has 0 aliphatic heterocycles. The topological polar surface area (TPSA) is 34.1 Å². The van der Waals surface area contributed by atoms with E-state index < -0.39 is 21.8 Å². The third kappa shape index (κ3) is 2.26. The Morgan fingerprint density at radius 1 is 1.62 bits per heavy atom. The molecule has 0 amide bonds. The fourth-order valence-electron chi connectivity index (χ4n) is 0.114. The van der Waals surface area contributed by atoms with Crippen molar-refractivity contribution in [3.05, 3.63) is 0 Å². The molecule has 0 bridgehead atoms. The van der Waals surface area contributed by atoms with Crippen molar-refractivity contribution < 1.29 is 12.8 Å². The van der Waals surface area contributed by atoms with Crippen LogP contribution in [0.5, 0.6) is 0 Å². The molecule has 0 spiro atoms. The SMILES string of the molecule is CC(CF)S(C)(=O)=O. The van der Waals surface area contributed by atoms with Gasteiger partial charge in [0.1, 0.15) is 6.67 Å². The molecule has 0 fully saturated rings. The van der Waals surface area contributed by atoms with Crippen LogP contribution < -0.4 is 0 Å². The molecule has 0 rings (SSSR count). The molecular weight excluding hydrogens is 131 g/mol. The Morgan fingerprint density at radius 2 is 2.00 bits per heavy atom. The maximum atomic E-state index is 11.5. The second-order valence-electron chi connectivity index (χ2n) is 1.79. The van der Waals surface area contributed by atoms with Crippen molar-refractivity contribution in [1.82, 2.24) is 0 Å². The van der Waals surface area contributed by atoms with Gasteiger partial charge in [-0.15, -0.1) is 0 Å². The van der Waals surface area contributed by atoms with E-state index in [0.717, 1.165) is 6.26 Å². The van der Waals surface area contributed by atoms with Gasteiger partial charge < -0.3 is 0 Å². The Hall–Kier alpha value is -0.120. The lowest BCUT2D eigenvalue weighted by Crippen LogP contribution is -2.17. The maximum absolute atomic E-state index is 11.5. The molecule has 2 nitrogen and oxygen atoms in total. The monoisotopic (exact) mass is 140 g/mol. The number of hydrogen-bond donors (Lipinski definition) is 0. The highest BCUT2D eigenvalue weighted by atomic mass is 32.2. The van der Waals surface area contributed by atoms with Gasteiger partial charge in [-0.3, -0.25) is 0 Å². The lowest BCUT2D eigenvalue weighted by Gasteiger charge is -2.00. The zero-order valence-electron chi connectivity index (χ0n) is 4.89. The summed E-state index contributed by atoms with van der Waals surface area (Å²) in [5.74, 6) is 0. The largest absolute Gasteiger partial charge is 0.250 e. The number of alkyl halides is 1. The van der Waals surface area contributed by atoms with Gasteiger partial charge in [-0.1, -0.05) is 0 Å². The molecule has 8 heavy (non-hydrogen) atoms. The molecule has 0 heterocycles. The Balaban J connectivity index is 4.04. The molecule has 0 aliphatic rings. The van der Waals surface area contributed by atoms with Crippen molar-refractivity contribution in [2.45, 2.75) is 12.2 Å². The van der Waals surface area contributed by atoms with E-state index in [1.807, 2.05) is 0 Å². The second-order valence-corrected chi connectivity index (χ2v) is 4.26. The van der Waals surface area contributed by atoms with Crippen molar-refractivity contribution in [1.29, 1.82) is 0 Å². The number of halogens is 1. The molecule has 0 saturated carbocycles. The van der Waals surface area contributed by atoms with Crippen LogP contribution in [0.25, 0.3) is 0 Å². The molecule has 0 aromatic rings. The highest BCUT2D eigenvalue weighted by Crippen LogP contribution is 1.96. The molecule has 0 aromatic carbocycles. The van der Waals surface area contributed by atoms with Gasteiger partial charge in [0.05, 0.1) is 5.25 Å². The third-order valence-corrected chi connectivity index (χ3v) is 2.54. The summed E-state index contributed by atoms with van der Waals surface area (Å²) in [6, 6.07) is 0. The fourth-order valence-corrected chi connectivity index (χ4v) is 0.343. The minimum atomic E-state index is -3.13. The van der Waals surface area contributed by atoms with E-state index in [1.165, 1.54) is 6.92 Å². The summed E-state index contributed by atoms with van der Waals surface area (Å²) in [5, 5.41) is -0.845. The molecule has 4 heteroatoms. The normalized spacial score (nSPS) is 15.9. The zero-order valence-corrected chi connectivity index (χ0v) is 5.70. The minimum Gasteiger partial charge on any atom is -0.250 e. The first-order valence-electron chi connectivity index (χ1n) is 2.23. The predicted molar refractivity (Wildman–Crippen MR) is 30.3 cm³/mol. The maximum Gasteiger partial charge on any atom is 0.152 e. The molecule has 1 atom stereocenters. The highest BCUT2D eigenvalue weighted by molar-refractivity contribution is 7.91. The van der Waals surface area contributed by atoms with Gasteiger partial charge in [-0.05, 0) is 6.92 Å². The number of hydrogen-bond acceptors (Lipinski definition) is 2. The van der Waals surface area contributed by atoms with Gasteiger partial charge >= 0.3 is 0 Å². The standard InChI is InChI=1S/C4H9FO2S/c1-4(3-5)8(2,6)7/h4H,3H2,1-2H3. The van der Waals surface area contributed by atoms with Crippen molar-refractivity contribution in [3.63, 3.8) is 0 Å². The number of rotatable bonds is 2. The minimum absolute atomic E-state index is 0.793. The Kier molecular flexibility index (Phi) is 2.40. The molecule has 0 radical (unpaired) electrons. The van der Waals surface area contributed by atoms with Gasteiger partial charge in [-0.2, -0.15) is 0 Å². The first kappa shape index (κ1) is 7.88. The molecule has 0 saturated heterocycles. The first-order valence-corrected chi connectivity index (χ1v) is 4.18. The summed E-state index contributed by atoms with van der Waals surface area (Å²) >= 11 is 0. The quantitative estimate of drug-likeness (QED) is 0.556. The summed E-state index contributed by atoms with van der Waals surface area (Å²) in [7, 11) is -3.13. The Labute approximate surface area is 48.6 Å². The van der Waals surface area contributed by atoms with E-state index in [-0.39, 0.29) is 0 Å². The van der Waals surface area contributed by atoms with Gasteiger partial charge in [0.25, 0.3) is 0 Å². The smallest absolute Gasteiger partial charge is 0.152 e. The lowest BCUT2D eigenvalue weighted by molar-refractivity contribution is 0.477. The summed E-state index contributed by atoms with van der Waals surface area (Å²) in [6.07, 6.45) is 1.03. The summed E-state index contributed by atoms with van der Waals surface area (Å²) < 4.78 is 32.1. The average Bonchev–Trinajstić information content (AvgIpc) is 1.62. The van der Waals surface area contributed by atoms with Crippen molar-refractivity contribution in [2.75, 3.05) is 12.9 Å². The van der Waals surface area contributed by atoms with E-state index in [9.17, 15) is 12.8 Å². The van der Waals surface area contributed by atoms with Crippen LogP contribution in [0, 0.1) is 0 Å². The van der Waals surface area contributed by atoms with Crippen LogP contribution in [-0.2, 0) is 9.84 Å². The average molecular weight is 140 g/mol. The van der Waals surface area contributed by atoms with E-state index in [0.29, 0.717) is 0 Å². The van der Waals surface area contributed by atoms with Crippen LogP contribution in [0.2, 0.25) is 0 Å². The van der Waals surface area contributed by atoms with Crippen LogP contribution in [0.15, 0.2) is 0 Å². The third-order valence-electron chi connectivity index (χ3n) is 0.948. The van der Waals surface area contributed by atoms with E-state index in [2.05, 4.69) is 0 Å². The Bertz CT molecular complexity index is 149. The van der Waals surface area contributed by atoms with Crippen LogP contribution in [0.3, 0.4) is 0 Å². The summed E-state index contributed by atoms with van der Waals surface area (Å²) in [4.78, 5) is 0. The van der Waals surface area contributed by atoms with Gasteiger partial charge in [0, 0.05) is 6.26 Å². The van der Waals surface area contributed by atoms with Crippen molar-refractivity contribution in [2.24, 2.45) is 0 Å². The van der Waals surface area contributed by atoms with E-state index in [1.54, 1.807) is 0 Å². The van der Waals surface area contributed by atoms with Crippen LogP contribution in [-0.4, -0.2) is 26.6 Å². The van der Waals surface area contributed by atoms with Crippen molar-refractivity contribution in [3.8, 4) is 0 Å². The summed E-state index contributed by atoms with van der Waals surface area (Å²) in [5.41, 5.74) is 0. The molecule has 0 N–H and O–H groups in total. The molecule has 1 unspecified atom stereocenters. The molecule has 0 aliphatic carbocycles.